The van der Waals surface area contributed by atoms with E-state index in [-0.39, 0.29) is 11.7 Å². The molecule has 30 heavy (non-hydrogen) atoms. The lowest BCUT2D eigenvalue weighted by atomic mass is 9.89. The number of aromatic hydroxyl groups is 1. The molecule has 2 heterocycles. The van der Waals surface area contributed by atoms with E-state index in [1.807, 2.05) is 42.5 Å². The van der Waals surface area contributed by atoms with Crippen molar-refractivity contribution in [3.05, 3.63) is 88.7 Å². The summed E-state index contributed by atoms with van der Waals surface area (Å²) < 4.78 is 0. The van der Waals surface area contributed by atoms with E-state index in [1.165, 1.54) is 0 Å². The first kappa shape index (κ1) is 19.0. The van der Waals surface area contributed by atoms with Gasteiger partial charge in [-0.05, 0) is 60.2 Å². The van der Waals surface area contributed by atoms with Crippen LogP contribution in [-0.2, 0) is 0 Å². The predicted molar refractivity (Wildman–Crippen MR) is 121 cm³/mol. The summed E-state index contributed by atoms with van der Waals surface area (Å²) in [5.74, 6) is 0.660. The molecule has 1 fully saturated rings. The number of piperazine rings is 1. The van der Waals surface area contributed by atoms with Crippen LogP contribution in [0.1, 0.15) is 22.9 Å². The van der Waals surface area contributed by atoms with Crippen molar-refractivity contribution in [1.82, 2.24) is 15.3 Å². The molecule has 0 spiro atoms. The van der Waals surface area contributed by atoms with Crippen LogP contribution in [0.4, 0.5) is 5.69 Å². The fourth-order valence-corrected chi connectivity index (χ4v) is 4.28. The number of aromatic nitrogens is 2. The zero-order valence-corrected chi connectivity index (χ0v) is 17.2. The van der Waals surface area contributed by atoms with Crippen molar-refractivity contribution >= 4 is 28.3 Å². The molecule has 0 bridgehead atoms. The highest BCUT2D eigenvalue weighted by Crippen LogP contribution is 2.38. The normalized spacial score (nSPS) is 15.4. The maximum atomic E-state index is 10.7. The summed E-state index contributed by atoms with van der Waals surface area (Å²) in [5.41, 5.74) is 4.69. The van der Waals surface area contributed by atoms with Gasteiger partial charge in [-0.3, -0.25) is 0 Å². The van der Waals surface area contributed by atoms with Crippen molar-refractivity contribution in [2.24, 2.45) is 0 Å². The third kappa shape index (κ3) is 3.62. The van der Waals surface area contributed by atoms with Crippen LogP contribution >= 0.6 is 11.6 Å². The quantitative estimate of drug-likeness (QED) is 0.463. The lowest BCUT2D eigenvalue weighted by molar-refractivity contribution is 0.466. The number of hydrogen-bond acceptors (Lipinski definition) is 4. The molecule has 151 valence electrons. The molecule has 4 aromatic rings. The molecule has 1 unspecified atom stereocenters. The molecule has 0 saturated carbocycles. The lowest BCUT2D eigenvalue weighted by Crippen LogP contribution is -2.43. The summed E-state index contributed by atoms with van der Waals surface area (Å²) >= 11 is 6.30. The number of para-hydroxylation sites is 2. The molecule has 1 saturated heterocycles. The molecular formula is C24H22ClN4O. The Hall–Kier alpha value is -3.02. The number of H-pyrrole nitrogens is 1. The molecule has 0 aliphatic carbocycles. The van der Waals surface area contributed by atoms with Crippen LogP contribution in [0, 0.1) is 6.07 Å². The summed E-state index contributed by atoms with van der Waals surface area (Å²) in [6, 6.07) is 22.5. The number of benzene rings is 3. The van der Waals surface area contributed by atoms with Crippen molar-refractivity contribution < 1.29 is 5.11 Å². The summed E-state index contributed by atoms with van der Waals surface area (Å²) in [4.78, 5) is 10.6. The largest absolute Gasteiger partial charge is 0.508 e. The third-order valence-corrected chi connectivity index (χ3v) is 5.83. The average molecular weight is 418 g/mol. The number of aromatic amines is 1. The van der Waals surface area contributed by atoms with Gasteiger partial charge in [-0.1, -0.05) is 23.7 Å². The van der Waals surface area contributed by atoms with Gasteiger partial charge < -0.3 is 20.3 Å². The van der Waals surface area contributed by atoms with Crippen LogP contribution in [-0.4, -0.2) is 41.3 Å². The monoisotopic (exact) mass is 417 g/mol. The predicted octanol–water partition coefficient (Wildman–Crippen LogP) is 4.31. The van der Waals surface area contributed by atoms with E-state index in [2.05, 4.69) is 27.3 Å². The summed E-state index contributed by atoms with van der Waals surface area (Å²) in [7, 11) is 0. The fraction of sp³-hybridized carbons (Fsp3) is 0.208. The molecule has 3 N–H and O–H groups in total. The smallest absolute Gasteiger partial charge is 0.119 e. The van der Waals surface area contributed by atoms with E-state index in [0.717, 1.165) is 54.3 Å². The maximum absolute atomic E-state index is 10.7. The van der Waals surface area contributed by atoms with E-state index in [4.69, 9.17) is 16.6 Å². The number of fused-ring (bicyclic) bond motifs is 1. The number of imidazole rings is 1. The SMILES string of the molecule is Oc1ccc(Cl)cc1C(c1c[c]cc(N2CCNCC2)c1)c1nc2ccccc2[nH]1. The van der Waals surface area contributed by atoms with Gasteiger partial charge in [-0.15, -0.1) is 0 Å². The second kappa shape index (κ2) is 8.01. The highest BCUT2D eigenvalue weighted by atomic mass is 35.5. The summed E-state index contributed by atoms with van der Waals surface area (Å²) in [6.45, 7) is 3.84. The molecule has 0 amide bonds. The van der Waals surface area contributed by atoms with Gasteiger partial charge in [0, 0.05) is 42.5 Å². The highest BCUT2D eigenvalue weighted by Gasteiger charge is 2.25. The Morgan fingerprint density at radius 1 is 1.07 bits per heavy atom. The van der Waals surface area contributed by atoms with E-state index >= 15 is 0 Å². The van der Waals surface area contributed by atoms with Crippen molar-refractivity contribution in [2.45, 2.75) is 5.92 Å². The first-order valence-corrected chi connectivity index (χ1v) is 10.5. The van der Waals surface area contributed by atoms with Crippen molar-refractivity contribution in [3.8, 4) is 5.75 Å². The third-order valence-electron chi connectivity index (χ3n) is 5.59. The number of nitrogens with one attached hydrogen (secondary N) is 2. The molecule has 5 rings (SSSR count). The maximum Gasteiger partial charge on any atom is 0.119 e. The van der Waals surface area contributed by atoms with Gasteiger partial charge in [0.1, 0.15) is 11.6 Å². The zero-order chi connectivity index (χ0) is 20.5. The van der Waals surface area contributed by atoms with E-state index in [9.17, 15) is 5.11 Å². The number of anilines is 1. The second-order valence-corrected chi connectivity index (χ2v) is 7.97. The zero-order valence-electron chi connectivity index (χ0n) is 16.4. The molecule has 3 aromatic carbocycles. The number of phenols is 1. The highest BCUT2D eigenvalue weighted by molar-refractivity contribution is 6.30. The molecular weight excluding hydrogens is 396 g/mol. The van der Waals surface area contributed by atoms with Gasteiger partial charge in [0.25, 0.3) is 0 Å². The molecule has 1 aromatic heterocycles. The Morgan fingerprint density at radius 3 is 2.73 bits per heavy atom. The van der Waals surface area contributed by atoms with Crippen LogP contribution in [0.2, 0.25) is 5.02 Å². The summed E-state index contributed by atoms with van der Waals surface area (Å²) in [6.07, 6.45) is 0. The standard InChI is InChI=1S/C24H22ClN4O/c25-17-8-9-22(30)19(15-17)23(24-27-20-6-1-2-7-21(20)28-24)16-4-3-5-18(14-16)29-12-10-26-11-13-29/h1-2,4-9,14-15,23,26,30H,10-13H2,(H,27,28). The minimum atomic E-state index is -0.296. The first-order chi connectivity index (χ1) is 14.7. The topological polar surface area (TPSA) is 64.2 Å². The van der Waals surface area contributed by atoms with Gasteiger partial charge in [0.05, 0.1) is 17.0 Å². The second-order valence-electron chi connectivity index (χ2n) is 7.54. The number of halogens is 1. The van der Waals surface area contributed by atoms with Crippen LogP contribution in [0.15, 0.2) is 60.7 Å². The Bertz CT molecular complexity index is 1150. The molecule has 1 aliphatic rings. The van der Waals surface area contributed by atoms with E-state index in [0.29, 0.717) is 10.6 Å². The molecule has 1 radical (unpaired) electrons. The minimum Gasteiger partial charge on any atom is -0.508 e. The summed E-state index contributed by atoms with van der Waals surface area (Å²) in [5, 5.41) is 14.7. The Labute approximate surface area is 180 Å². The van der Waals surface area contributed by atoms with Crippen molar-refractivity contribution in [3.63, 3.8) is 0 Å². The molecule has 6 heteroatoms. The van der Waals surface area contributed by atoms with E-state index in [1.54, 1.807) is 12.1 Å². The molecule has 5 nitrogen and oxygen atoms in total. The number of rotatable bonds is 4. The minimum absolute atomic E-state index is 0.192. The van der Waals surface area contributed by atoms with Gasteiger partial charge >= 0.3 is 0 Å². The lowest BCUT2D eigenvalue weighted by Gasteiger charge is -2.30. The van der Waals surface area contributed by atoms with Gasteiger partial charge in [-0.2, -0.15) is 0 Å². The fourth-order valence-electron chi connectivity index (χ4n) is 4.10. The van der Waals surface area contributed by atoms with Crippen LogP contribution < -0.4 is 10.2 Å². The van der Waals surface area contributed by atoms with Crippen LogP contribution in [0.5, 0.6) is 5.75 Å². The number of nitrogens with zero attached hydrogens (tertiary/aromatic N) is 2. The van der Waals surface area contributed by atoms with Crippen molar-refractivity contribution in [1.29, 1.82) is 0 Å². The van der Waals surface area contributed by atoms with Crippen molar-refractivity contribution in [2.75, 3.05) is 31.1 Å². The Kier molecular flexibility index (Phi) is 5.07. The average Bonchev–Trinajstić information content (AvgIpc) is 3.21. The van der Waals surface area contributed by atoms with Crippen LogP contribution in [0.25, 0.3) is 11.0 Å². The van der Waals surface area contributed by atoms with E-state index < -0.39 is 0 Å². The molecule has 1 atom stereocenters. The Morgan fingerprint density at radius 2 is 1.90 bits per heavy atom. The first-order valence-electron chi connectivity index (χ1n) is 10.1. The van der Waals surface area contributed by atoms with Gasteiger partial charge in [0.15, 0.2) is 0 Å². The van der Waals surface area contributed by atoms with Gasteiger partial charge in [0.2, 0.25) is 0 Å². The molecule has 1 aliphatic heterocycles. The number of phenolic OH excluding ortho intramolecular Hbond substituents is 1. The number of hydrogen-bond donors (Lipinski definition) is 3. The Balaban J connectivity index is 1.65. The van der Waals surface area contributed by atoms with Crippen LogP contribution in [0.3, 0.4) is 0 Å². The van der Waals surface area contributed by atoms with Gasteiger partial charge in [-0.25, -0.2) is 4.98 Å².